The van der Waals surface area contributed by atoms with Crippen molar-refractivity contribution < 1.29 is 14.3 Å². The number of hydrogen-bond donors (Lipinski definition) is 6. The lowest BCUT2D eigenvalue weighted by molar-refractivity contribution is 0.0277. The van der Waals surface area contributed by atoms with Gasteiger partial charge in [-0.25, -0.2) is 19.6 Å². The van der Waals surface area contributed by atoms with Crippen molar-refractivity contribution in [3.8, 4) is 0 Å². The summed E-state index contributed by atoms with van der Waals surface area (Å²) in [5.74, 6) is 0.482. The van der Waals surface area contributed by atoms with Crippen LogP contribution in [0.5, 0.6) is 0 Å². The van der Waals surface area contributed by atoms with Gasteiger partial charge >= 0.3 is 12.1 Å². The van der Waals surface area contributed by atoms with Gasteiger partial charge in [-0.2, -0.15) is 0 Å². The Morgan fingerprint density at radius 1 is 0.745 bits per heavy atom. The fraction of sp³-hybridized carbons (Fsp3) is 0.273. The van der Waals surface area contributed by atoms with Gasteiger partial charge in [-0.3, -0.25) is 0 Å². The second kappa shape index (κ2) is 16.7. The number of morpholine rings is 1. The Balaban J connectivity index is 0.000000185. The summed E-state index contributed by atoms with van der Waals surface area (Å²) in [7, 11) is 0. The third-order valence-corrected chi connectivity index (χ3v) is 8.30. The molecule has 0 spiro atoms. The van der Waals surface area contributed by atoms with Gasteiger partial charge < -0.3 is 36.6 Å². The minimum absolute atomic E-state index is 0.0560. The van der Waals surface area contributed by atoms with E-state index in [1.807, 2.05) is 43.3 Å². The molecule has 2 aliphatic rings. The second-order valence-electron chi connectivity index (χ2n) is 11.0. The number of aryl methyl sites for hydroxylation is 1. The smallest absolute Gasteiger partial charge is 0.323 e. The van der Waals surface area contributed by atoms with Crippen molar-refractivity contribution in [2.75, 3.05) is 54.1 Å². The van der Waals surface area contributed by atoms with Gasteiger partial charge in [0.1, 0.15) is 10.3 Å². The molecule has 2 aromatic heterocycles. The molecule has 4 aromatic rings. The maximum Gasteiger partial charge on any atom is 0.323 e. The molecule has 2 aromatic carbocycles. The van der Waals surface area contributed by atoms with E-state index in [-0.39, 0.29) is 18.2 Å². The van der Waals surface area contributed by atoms with Crippen molar-refractivity contribution in [1.82, 2.24) is 20.6 Å². The molecule has 2 aliphatic heterocycles. The van der Waals surface area contributed by atoms with Crippen LogP contribution in [-0.4, -0.2) is 54.8 Å². The first-order valence-corrected chi connectivity index (χ1v) is 16.2. The molecule has 14 heteroatoms. The first-order chi connectivity index (χ1) is 22.7. The summed E-state index contributed by atoms with van der Waals surface area (Å²) in [4.78, 5) is 31.9. The van der Waals surface area contributed by atoms with Crippen molar-refractivity contribution in [3.05, 3.63) is 105 Å². The number of urea groups is 2. The van der Waals surface area contributed by atoms with Crippen LogP contribution in [0.1, 0.15) is 35.1 Å². The summed E-state index contributed by atoms with van der Waals surface area (Å²) in [6.45, 7) is 6.35. The van der Waals surface area contributed by atoms with Crippen LogP contribution in [0.2, 0.25) is 15.3 Å². The molecule has 11 nitrogen and oxygen atoms in total. The number of benzene rings is 2. The lowest BCUT2D eigenvalue weighted by atomic mass is 9.98. The lowest BCUT2D eigenvalue weighted by Crippen LogP contribution is -2.33. The Morgan fingerprint density at radius 3 is 1.89 bits per heavy atom. The van der Waals surface area contributed by atoms with Crippen LogP contribution < -0.4 is 31.9 Å². The van der Waals surface area contributed by atoms with Crippen molar-refractivity contribution in [2.24, 2.45) is 0 Å². The van der Waals surface area contributed by atoms with E-state index in [0.717, 1.165) is 49.4 Å². The zero-order valence-corrected chi connectivity index (χ0v) is 27.8. The van der Waals surface area contributed by atoms with E-state index in [1.165, 1.54) is 18.0 Å². The minimum Gasteiger partial charge on any atom is -0.371 e. The topological polar surface area (TPSA) is 141 Å². The molecule has 2 saturated heterocycles. The monoisotopic (exact) mass is 696 g/mol. The number of halogens is 3. The Kier molecular flexibility index (Phi) is 12.2. The SMILES string of the molecule is Cc1cc([C@@H]2CNCCO2)ccc1NC(=O)Nc1ccc(Cl)nc1.O=C(Nc1ccc(Cl)nc1)Nc1ccc(C2CCNC2)cc1Cl. The van der Waals surface area contributed by atoms with E-state index >= 15 is 0 Å². The summed E-state index contributed by atoms with van der Waals surface area (Å²) >= 11 is 17.7. The van der Waals surface area contributed by atoms with Crippen molar-refractivity contribution >= 4 is 69.6 Å². The summed E-state index contributed by atoms with van der Waals surface area (Å²) in [6, 6.07) is 17.5. The van der Waals surface area contributed by atoms with Crippen LogP contribution >= 0.6 is 34.8 Å². The molecule has 246 valence electrons. The molecule has 0 saturated carbocycles. The fourth-order valence-corrected chi connectivity index (χ4v) is 5.56. The Bertz CT molecular complexity index is 1660. The molecule has 6 rings (SSSR count). The molecule has 0 aliphatic carbocycles. The summed E-state index contributed by atoms with van der Waals surface area (Å²) in [5.41, 5.74) is 5.72. The standard InChI is InChI=1S/C17H19ClN4O2.C16H16Cl2N4O/c1-11-8-12(15-10-19-6-7-24-15)2-4-14(11)22-17(23)21-13-3-5-16(18)20-9-13;17-13-7-10(11-5-6-19-8-11)1-3-14(13)22-16(23)21-12-2-4-15(18)20-9-12/h2-5,8-9,15,19H,6-7,10H2,1H3,(H2,21,22,23);1-4,7,9,11,19H,5-6,8H2,(H2,21,22,23)/t15-;/m0./s1. The van der Waals surface area contributed by atoms with Gasteiger partial charge in [-0.15, -0.1) is 0 Å². The van der Waals surface area contributed by atoms with Gasteiger partial charge in [0.2, 0.25) is 0 Å². The highest BCUT2D eigenvalue weighted by atomic mass is 35.5. The molecule has 47 heavy (non-hydrogen) atoms. The number of anilines is 4. The number of carbonyl (C=O) groups is 2. The van der Waals surface area contributed by atoms with Crippen LogP contribution in [0.4, 0.5) is 32.3 Å². The number of rotatable bonds is 6. The number of pyridine rings is 2. The highest BCUT2D eigenvalue weighted by Crippen LogP contribution is 2.30. The van der Waals surface area contributed by atoms with E-state index in [0.29, 0.717) is 44.9 Å². The van der Waals surface area contributed by atoms with Gasteiger partial charge in [0.25, 0.3) is 0 Å². The Hall–Kier alpha value is -3.97. The number of carbonyl (C=O) groups excluding carboxylic acids is 2. The second-order valence-corrected chi connectivity index (χ2v) is 12.1. The van der Waals surface area contributed by atoms with Gasteiger partial charge in [-0.05, 0) is 85.0 Å². The van der Waals surface area contributed by atoms with E-state index < -0.39 is 0 Å². The molecular weight excluding hydrogens is 663 g/mol. The van der Waals surface area contributed by atoms with Crippen molar-refractivity contribution in [2.45, 2.75) is 25.4 Å². The number of amides is 4. The number of nitrogens with one attached hydrogen (secondary N) is 6. The number of ether oxygens (including phenoxy) is 1. The van der Waals surface area contributed by atoms with Gasteiger partial charge in [-0.1, -0.05) is 53.0 Å². The average Bonchev–Trinajstić information content (AvgIpc) is 3.61. The summed E-state index contributed by atoms with van der Waals surface area (Å²) in [6.07, 6.45) is 4.15. The van der Waals surface area contributed by atoms with E-state index in [9.17, 15) is 9.59 Å². The predicted molar refractivity (Wildman–Crippen MR) is 188 cm³/mol. The molecular formula is C33H35Cl3N8O3. The molecule has 4 heterocycles. The van der Waals surface area contributed by atoms with Crippen LogP contribution in [0.15, 0.2) is 73.1 Å². The van der Waals surface area contributed by atoms with Gasteiger partial charge in [0, 0.05) is 25.3 Å². The fourth-order valence-electron chi connectivity index (χ4n) is 5.10. The zero-order valence-electron chi connectivity index (χ0n) is 25.6. The highest BCUT2D eigenvalue weighted by molar-refractivity contribution is 6.34. The van der Waals surface area contributed by atoms with Gasteiger partial charge in [0.15, 0.2) is 0 Å². The van der Waals surface area contributed by atoms with Crippen LogP contribution in [0, 0.1) is 6.92 Å². The quantitative estimate of drug-likeness (QED) is 0.115. The number of nitrogens with zero attached hydrogens (tertiary/aromatic N) is 2. The number of hydrogen-bond acceptors (Lipinski definition) is 7. The Morgan fingerprint density at radius 2 is 1.36 bits per heavy atom. The van der Waals surface area contributed by atoms with Gasteiger partial charge in [0.05, 0.1) is 47.2 Å². The Labute approximate surface area is 288 Å². The molecule has 2 fully saturated rings. The minimum atomic E-state index is -0.383. The highest BCUT2D eigenvalue weighted by Gasteiger charge is 2.18. The molecule has 2 atom stereocenters. The maximum atomic E-state index is 12.1. The molecule has 0 bridgehead atoms. The third kappa shape index (κ3) is 10.3. The summed E-state index contributed by atoms with van der Waals surface area (Å²) in [5, 5.41) is 18.9. The molecule has 6 N–H and O–H groups in total. The summed E-state index contributed by atoms with van der Waals surface area (Å²) < 4.78 is 5.75. The molecule has 1 unspecified atom stereocenters. The normalized spacial score (nSPS) is 17.2. The van der Waals surface area contributed by atoms with E-state index in [1.54, 1.807) is 24.3 Å². The largest absolute Gasteiger partial charge is 0.371 e. The van der Waals surface area contributed by atoms with Crippen LogP contribution in [0.3, 0.4) is 0 Å². The van der Waals surface area contributed by atoms with Crippen LogP contribution in [-0.2, 0) is 4.74 Å². The zero-order chi connectivity index (χ0) is 33.2. The molecule has 0 radical (unpaired) electrons. The third-order valence-electron chi connectivity index (χ3n) is 7.54. The molecule has 4 amide bonds. The van der Waals surface area contributed by atoms with E-state index in [4.69, 9.17) is 39.5 Å². The first-order valence-electron chi connectivity index (χ1n) is 15.1. The lowest BCUT2D eigenvalue weighted by Gasteiger charge is -2.24. The van der Waals surface area contributed by atoms with Crippen LogP contribution in [0.25, 0.3) is 0 Å². The van der Waals surface area contributed by atoms with Crippen molar-refractivity contribution in [3.63, 3.8) is 0 Å². The average molecular weight is 698 g/mol. The first kappa shape index (κ1) is 34.4. The maximum absolute atomic E-state index is 12.1. The predicted octanol–water partition coefficient (Wildman–Crippen LogP) is 7.46. The van der Waals surface area contributed by atoms with E-state index in [2.05, 4.69) is 41.9 Å². The number of aromatic nitrogens is 2. The van der Waals surface area contributed by atoms with Crippen molar-refractivity contribution in [1.29, 1.82) is 0 Å².